The van der Waals surface area contributed by atoms with Crippen LogP contribution in [-0.4, -0.2) is 13.2 Å². The molecule has 0 aliphatic rings. The second-order valence-corrected chi connectivity index (χ2v) is 5.32. The smallest absolute Gasteiger partial charge is 0.0516 e. The fourth-order valence-electron chi connectivity index (χ4n) is 1.83. The Hall–Kier alpha value is -0.0800. The summed E-state index contributed by atoms with van der Waals surface area (Å²) >= 11 is 0. The molecule has 0 saturated carbocycles. The quantitative estimate of drug-likeness (QED) is 0.540. The van der Waals surface area contributed by atoms with Crippen LogP contribution in [0.2, 0.25) is 0 Å². The molecule has 0 bridgehead atoms. The molecule has 2 nitrogen and oxygen atoms in total. The van der Waals surface area contributed by atoms with Gasteiger partial charge < -0.3 is 10.9 Å². The molecule has 0 aromatic heterocycles. The summed E-state index contributed by atoms with van der Waals surface area (Å²) in [5.74, 6) is 0. The van der Waals surface area contributed by atoms with Gasteiger partial charge in [0.2, 0.25) is 0 Å². The third-order valence-corrected chi connectivity index (χ3v) is 2.90. The summed E-state index contributed by atoms with van der Waals surface area (Å²) in [5.41, 5.74) is 0.376. The maximum Gasteiger partial charge on any atom is 0.0516 e. The number of unbranched alkanes of at least 4 members (excludes halogenated alkanes) is 5. The molecule has 0 fully saturated rings. The first-order valence-electron chi connectivity index (χ1n) is 6.70. The minimum Gasteiger partial charge on any atom is -0.381 e. The molecule has 0 rings (SSSR count). The Bertz CT molecular complexity index is 135. The third kappa shape index (κ3) is 12.0. The van der Waals surface area contributed by atoms with Gasteiger partial charge >= 0.3 is 0 Å². The van der Waals surface area contributed by atoms with Gasteiger partial charge in [0.15, 0.2) is 0 Å². The molecule has 2 heteroatoms. The van der Waals surface area contributed by atoms with E-state index < -0.39 is 0 Å². The van der Waals surface area contributed by atoms with Crippen molar-refractivity contribution in [1.29, 1.82) is 0 Å². The van der Waals surface area contributed by atoms with Crippen LogP contribution in [0.5, 0.6) is 0 Å². The highest BCUT2D eigenvalue weighted by Crippen LogP contribution is 2.24. The predicted octanol–water partition coefficient (Wildman–Crippen LogP) is 4.96. The summed E-state index contributed by atoms with van der Waals surface area (Å²) in [6.45, 7) is 10.7. The fourth-order valence-corrected chi connectivity index (χ4v) is 1.83. The van der Waals surface area contributed by atoms with E-state index in [2.05, 4.69) is 27.7 Å². The number of hydrogen-bond acceptors (Lipinski definition) is 2. The molecule has 0 atom stereocenters. The highest BCUT2D eigenvalue weighted by atomic mass is 16.5. The zero-order valence-electron chi connectivity index (χ0n) is 12.0. The van der Waals surface area contributed by atoms with Crippen molar-refractivity contribution in [3.05, 3.63) is 0 Å². The SMILES string of the molecule is CCCCCCCCC(C)(C)COCC.N. The number of ether oxygens (including phenoxy) is 1. The molecule has 3 N–H and O–H groups in total. The monoisotopic (exact) mass is 231 g/mol. The molecular weight excluding hydrogens is 198 g/mol. The topological polar surface area (TPSA) is 44.2 Å². The first kappa shape index (κ1) is 18.3. The van der Waals surface area contributed by atoms with Gasteiger partial charge in [0, 0.05) is 6.61 Å². The van der Waals surface area contributed by atoms with Crippen molar-refractivity contribution in [2.45, 2.75) is 72.6 Å². The Morgan fingerprint density at radius 3 is 2.00 bits per heavy atom. The van der Waals surface area contributed by atoms with E-state index in [1.807, 2.05) is 0 Å². The van der Waals surface area contributed by atoms with E-state index in [0.717, 1.165) is 13.2 Å². The lowest BCUT2D eigenvalue weighted by Gasteiger charge is -2.24. The lowest BCUT2D eigenvalue weighted by atomic mass is 9.87. The molecule has 0 aromatic rings. The van der Waals surface area contributed by atoms with Crippen LogP contribution >= 0.6 is 0 Å². The first-order valence-corrected chi connectivity index (χ1v) is 6.70. The molecule has 0 heterocycles. The summed E-state index contributed by atoms with van der Waals surface area (Å²) < 4.78 is 5.49. The Labute approximate surface area is 103 Å². The average molecular weight is 231 g/mol. The van der Waals surface area contributed by atoms with E-state index in [1.165, 1.54) is 44.9 Å². The number of rotatable bonds is 10. The van der Waals surface area contributed by atoms with Crippen LogP contribution in [0, 0.1) is 5.41 Å². The van der Waals surface area contributed by atoms with Crippen LogP contribution in [0.3, 0.4) is 0 Å². The minimum absolute atomic E-state index is 0. The average Bonchev–Trinajstić information content (AvgIpc) is 2.20. The van der Waals surface area contributed by atoms with Gasteiger partial charge in [0.1, 0.15) is 0 Å². The molecule has 0 aliphatic heterocycles. The van der Waals surface area contributed by atoms with Crippen molar-refractivity contribution in [3.63, 3.8) is 0 Å². The van der Waals surface area contributed by atoms with Crippen molar-refractivity contribution >= 4 is 0 Å². The van der Waals surface area contributed by atoms with E-state index in [1.54, 1.807) is 0 Å². The van der Waals surface area contributed by atoms with Gasteiger partial charge in [-0.3, -0.25) is 0 Å². The van der Waals surface area contributed by atoms with Crippen LogP contribution in [0.15, 0.2) is 0 Å². The van der Waals surface area contributed by atoms with Crippen LogP contribution in [0.25, 0.3) is 0 Å². The van der Waals surface area contributed by atoms with Gasteiger partial charge in [-0.1, -0.05) is 59.3 Å². The van der Waals surface area contributed by atoms with Crippen LogP contribution in [-0.2, 0) is 4.74 Å². The van der Waals surface area contributed by atoms with Gasteiger partial charge in [-0.25, -0.2) is 0 Å². The third-order valence-electron chi connectivity index (χ3n) is 2.90. The summed E-state index contributed by atoms with van der Waals surface area (Å²) in [4.78, 5) is 0. The molecule has 0 aromatic carbocycles. The summed E-state index contributed by atoms with van der Waals surface area (Å²) in [6.07, 6.45) is 9.65. The van der Waals surface area contributed by atoms with E-state index in [0.29, 0.717) is 5.41 Å². The predicted molar refractivity (Wildman–Crippen MR) is 73.3 cm³/mol. The highest BCUT2D eigenvalue weighted by Gasteiger charge is 2.16. The zero-order chi connectivity index (χ0) is 11.6. The van der Waals surface area contributed by atoms with Crippen LogP contribution in [0.1, 0.15) is 72.6 Å². The van der Waals surface area contributed by atoms with Crippen molar-refractivity contribution in [2.24, 2.45) is 5.41 Å². The summed E-state index contributed by atoms with van der Waals surface area (Å²) in [6, 6.07) is 0. The van der Waals surface area contributed by atoms with Crippen LogP contribution < -0.4 is 6.15 Å². The molecule has 0 amide bonds. The lowest BCUT2D eigenvalue weighted by Crippen LogP contribution is -2.19. The first-order chi connectivity index (χ1) is 7.12. The molecule has 0 unspecified atom stereocenters. The minimum atomic E-state index is 0. The standard InChI is InChI=1S/C14H30O.H3N/c1-5-7-8-9-10-11-12-14(3,4)13-15-6-2;/h5-13H2,1-4H3;1H3. The van der Waals surface area contributed by atoms with Crippen molar-refractivity contribution in [1.82, 2.24) is 6.15 Å². The van der Waals surface area contributed by atoms with Gasteiger partial charge in [-0.2, -0.15) is 0 Å². The Kier molecular flexibility index (Phi) is 13.0. The molecular formula is C14H33NO. The Morgan fingerprint density at radius 2 is 1.44 bits per heavy atom. The molecule has 16 heavy (non-hydrogen) atoms. The van der Waals surface area contributed by atoms with E-state index in [4.69, 9.17) is 4.74 Å². The van der Waals surface area contributed by atoms with Crippen molar-refractivity contribution in [2.75, 3.05) is 13.2 Å². The maximum atomic E-state index is 5.49. The normalized spacial score (nSPS) is 11.2. The zero-order valence-corrected chi connectivity index (χ0v) is 12.0. The molecule has 0 aliphatic carbocycles. The van der Waals surface area contributed by atoms with Gasteiger partial charge in [0.05, 0.1) is 6.61 Å². The molecule has 0 radical (unpaired) electrons. The molecule has 0 saturated heterocycles. The second-order valence-electron chi connectivity index (χ2n) is 5.32. The largest absolute Gasteiger partial charge is 0.381 e. The maximum absolute atomic E-state index is 5.49. The fraction of sp³-hybridized carbons (Fsp3) is 1.00. The lowest BCUT2D eigenvalue weighted by molar-refractivity contribution is 0.0645. The highest BCUT2D eigenvalue weighted by molar-refractivity contribution is 4.67. The summed E-state index contributed by atoms with van der Waals surface area (Å²) in [5, 5.41) is 0. The van der Waals surface area contributed by atoms with E-state index in [9.17, 15) is 0 Å². The van der Waals surface area contributed by atoms with Gasteiger partial charge in [0.25, 0.3) is 0 Å². The Balaban J connectivity index is 0. The molecule has 0 spiro atoms. The van der Waals surface area contributed by atoms with Crippen LogP contribution in [0.4, 0.5) is 0 Å². The van der Waals surface area contributed by atoms with Crippen molar-refractivity contribution in [3.8, 4) is 0 Å². The van der Waals surface area contributed by atoms with E-state index >= 15 is 0 Å². The van der Waals surface area contributed by atoms with Gasteiger partial charge in [-0.15, -0.1) is 0 Å². The van der Waals surface area contributed by atoms with Gasteiger partial charge in [-0.05, 0) is 18.8 Å². The van der Waals surface area contributed by atoms with E-state index in [-0.39, 0.29) is 6.15 Å². The molecule has 100 valence electrons. The number of hydrogen-bond donors (Lipinski definition) is 1. The summed E-state index contributed by atoms with van der Waals surface area (Å²) in [7, 11) is 0. The van der Waals surface area contributed by atoms with Crippen molar-refractivity contribution < 1.29 is 4.74 Å². The Morgan fingerprint density at radius 1 is 0.875 bits per heavy atom. The second kappa shape index (κ2) is 11.4.